The lowest BCUT2D eigenvalue weighted by Gasteiger charge is -2.08. The number of benzene rings is 1. The van der Waals surface area contributed by atoms with Crippen LogP contribution in [0, 0.1) is 12.7 Å². The molecule has 0 bridgehead atoms. The van der Waals surface area contributed by atoms with Crippen molar-refractivity contribution in [3.8, 4) is 11.1 Å². The largest absolute Gasteiger partial charge is 0.478 e. The van der Waals surface area contributed by atoms with Crippen molar-refractivity contribution in [1.82, 2.24) is 9.19 Å². The van der Waals surface area contributed by atoms with Gasteiger partial charge in [0.25, 0.3) is 10.0 Å². The molecule has 1 heterocycles. The Labute approximate surface area is 127 Å². The molecule has 22 heavy (non-hydrogen) atoms. The summed E-state index contributed by atoms with van der Waals surface area (Å²) in [6, 6.07) is 2.28. The van der Waals surface area contributed by atoms with Gasteiger partial charge in [-0.05, 0) is 44.0 Å². The predicted octanol–water partition coefficient (Wildman–Crippen LogP) is 2.28. The number of carbonyl (C=O) groups is 1. The maximum absolute atomic E-state index is 13.6. The zero-order valence-electron chi connectivity index (χ0n) is 12.2. The molecule has 0 aliphatic carbocycles. The van der Waals surface area contributed by atoms with Crippen molar-refractivity contribution in [3.63, 3.8) is 0 Å². The molecule has 0 unspecified atom stereocenters. The van der Waals surface area contributed by atoms with Gasteiger partial charge in [0.05, 0.1) is 23.2 Å². The summed E-state index contributed by atoms with van der Waals surface area (Å²) in [4.78, 5) is 11.3. The molecule has 0 saturated carbocycles. The third kappa shape index (κ3) is 2.74. The highest BCUT2D eigenvalue weighted by Gasteiger charge is 2.22. The number of hydrogen-bond acceptors (Lipinski definition) is 4. The average Bonchev–Trinajstić information content (AvgIpc) is 2.91. The molecule has 0 radical (unpaired) electrons. The summed E-state index contributed by atoms with van der Waals surface area (Å²) in [6.45, 7) is 4.53. The minimum Gasteiger partial charge on any atom is -0.478 e. The van der Waals surface area contributed by atoms with Crippen LogP contribution in [0.4, 0.5) is 4.39 Å². The van der Waals surface area contributed by atoms with Crippen LogP contribution in [-0.4, -0.2) is 33.9 Å². The quantitative estimate of drug-likeness (QED) is 0.931. The van der Waals surface area contributed by atoms with Crippen molar-refractivity contribution >= 4 is 16.0 Å². The first-order valence-electron chi connectivity index (χ1n) is 6.47. The summed E-state index contributed by atoms with van der Waals surface area (Å²) in [5.41, 5.74) is 0.533. The van der Waals surface area contributed by atoms with Gasteiger partial charge in [-0.1, -0.05) is 0 Å². The molecule has 0 atom stereocenters. The summed E-state index contributed by atoms with van der Waals surface area (Å²) >= 11 is 0. The lowest BCUT2D eigenvalue weighted by molar-refractivity contribution is 0.0697. The molecule has 0 amide bonds. The Morgan fingerprint density at radius 1 is 1.36 bits per heavy atom. The van der Waals surface area contributed by atoms with E-state index in [1.807, 2.05) is 0 Å². The molecule has 0 fully saturated rings. The second kappa shape index (κ2) is 5.53. The molecule has 0 spiro atoms. The van der Waals surface area contributed by atoms with Gasteiger partial charge in [0.1, 0.15) is 5.82 Å². The van der Waals surface area contributed by atoms with Crippen LogP contribution in [0.15, 0.2) is 24.5 Å². The number of aromatic nitrogens is 2. The van der Waals surface area contributed by atoms with Gasteiger partial charge < -0.3 is 5.11 Å². The zero-order chi connectivity index (χ0) is 16.7. The fourth-order valence-electron chi connectivity index (χ4n) is 1.90. The number of halogens is 1. The van der Waals surface area contributed by atoms with Crippen LogP contribution in [0.25, 0.3) is 11.1 Å². The minimum absolute atomic E-state index is 0.219. The van der Waals surface area contributed by atoms with Crippen LogP contribution < -0.4 is 0 Å². The van der Waals surface area contributed by atoms with E-state index in [4.69, 9.17) is 0 Å². The van der Waals surface area contributed by atoms with Crippen molar-refractivity contribution < 1.29 is 22.7 Å². The predicted molar refractivity (Wildman–Crippen MR) is 78.8 cm³/mol. The van der Waals surface area contributed by atoms with Gasteiger partial charge >= 0.3 is 5.97 Å². The monoisotopic (exact) mass is 326 g/mol. The summed E-state index contributed by atoms with van der Waals surface area (Å²) in [7, 11) is -3.63. The number of carboxylic acid groups (broad SMARTS) is 1. The van der Waals surface area contributed by atoms with Crippen LogP contribution in [0.5, 0.6) is 0 Å². The van der Waals surface area contributed by atoms with E-state index in [2.05, 4.69) is 5.10 Å². The summed E-state index contributed by atoms with van der Waals surface area (Å²) in [6.07, 6.45) is 2.48. The molecule has 0 saturated heterocycles. The lowest BCUT2D eigenvalue weighted by Crippen LogP contribution is -2.22. The van der Waals surface area contributed by atoms with Gasteiger partial charge in [-0.25, -0.2) is 17.6 Å². The Morgan fingerprint density at radius 2 is 2.00 bits per heavy atom. The fraction of sp³-hybridized carbons (Fsp3) is 0.286. The third-order valence-corrected chi connectivity index (χ3v) is 5.17. The Morgan fingerprint density at radius 3 is 2.55 bits per heavy atom. The number of rotatable bonds is 4. The van der Waals surface area contributed by atoms with Gasteiger partial charge in [0.15, 0.2) is 0 Å². The highest BCUT2D eigenvalue weighted by molar-refractivity contribution is 7.90. The Balaban J connectivity index is 2.62. The number of nitrogens with zero attached hydrogens (tertiary/aromatic N) is 2. The first kappa shape index (κ1) is 16.2. The van der Waals surface area contributed by atoms with Crippen LogP contribution in [0.2, 0.25) is 0 Å². The maximum Gasteiger partial charge on any atom is 0.336 e. The minimum atomic E-state index is -3.63. The Bertz CT molecular complexity index is 841. The lowest BCUT2D eigenvalue weighted by atomic mass is 9.99. The first-order chi connectivity index (χ1) is 10.1. The molecule has 1 aromatic heterocycles. The van der Waals surface area contributed by atoms with E-state index in [-0.39, 0.29) is 16.7 Å². The molecule has 1 N–H and O–H groups in total. The van der Waals surface area contributed by atoms with E-state index in [9.17, 15) is 22.7 Å². The molecule has 1 aromatic carbocycles. The standard InChI is InChI=1S/C14H15FN2O4S/c1-8(2)22(20,21)17-7-10(6-16-17)11-4-9(3)13(15)5-12(11)14(18)19/h4-8H,1-3H3,(H,18,19). The highest BCUT2D eigenvalue weighted by Crippen LogP contribution is 2.27. The van der Waals surface area contributed by atoms with Gasteiger partial charge in [0, 0.05) is 5.56 Å². The van der Waals surface area contributed by atoms with Crippen molar-refractivity contribution in [1.29, 1.82) is 0 Å². The van der Waals surface area contributed by atoms with Gasteiger partial charge in [0.2, 0.25) is 0 Å². The van der Waals surface area contributed by atoms with E-state index in [0.717, 1.165) is 10.2 Å². The molecule has 8 heteroatoms. The number of carboxylic acids is 1. The summed E-state index contributed by atoms with van der Waals surface area (Å²) < 4.78 is 38.4. The van der Waals surface area contributed by atoms with E-state index in [1.54, 1.807) is 0 Å². The molecular formula is C14H15FN2O4S. The SMILES string of the molecule is Cc1cc(-c2cnn(S(=O)(=O)C(C)C)c2)c(C(=O)O)cc1F. The molecule has 118 valence electrons. The molecule has 0 aliphatic rings. The van der Waals surface area contributed by atoms with Gasteiger partial charge in [-0.3, -0.25) is 0 Å². The fourth-order valence-corrected chi connectivity index (χ4v) is 2.77. The van der Waals surface area contributed by atoms with Crippen molar-refractivity contribution in [2.24, 2.45) is 0 Å². The average molecular weight is 326 g/mol. The van der Waals surface area contributed by atoms with Crippen LogP contribution >= 0.6 is 0 Å². The topological polar surface area (TPSA) is 89.3 Å². The van der Waals surface area contributed by atoms with Crippen molar-refractivity contribution in [2.75, 3.05) is 0 Å². The number of hydrogen-bond donors (Lipinski definition) is 1. The summed E-state index contributed by atoms with van der Waals surface area (Å²) in [5, 5.41) is 12.3. The number of aryl methyl sites for hydroxylation is 1. The van der Waals surface area contributed by atoms with E-state index < -0.39 is 27.1 Å². The normalized spacial score (nSPS) is 11.9. The molecular weight excluding hydrogens is 311 g/mol. The second-order valence-corrected chi connectivity index (χ2v) is 7.49. The van der Waals surface area contributed by atoms with E-state index in [1.165, 1.54) is 39.2 Å². The van der Waals surface area contributed by atoms with Gasteiger partial charge in [-0.2, -0.15) is 9.19 Å². The van der Waals surface area contributed by atoms with Crippen molar-refractivity contribution in [2.45, 2.75) is 26.0 Å². The van der Waals surface area contributed by atoms with Crippen LogP contribution in [0.1, 0.15) is 29.8 Å². The number of aromatic carboxylic acids is 1. The molecule has 2 rings (SSSR count). The van der Waals surface area contributed by atoms with E-state index >= 15 is 0 Å². The molecule has 0 aliphatic heterocycles. The second-order valence-electron chi connectivity index (χ2n) is 5.15. The maximum atomic E-state index is 13.6. The van der Waals surface area contributed by atoms with Crippen LogP contribution in [0.3, 0.4) is 0 Å². The zero-order valence-corrected chi connectivity index (χ0v) is 13.1. The summed E-state index contributed by atoms with van der Waals surface area (Å²) in [5.74, 6) is -1.93. The smallest absolute Gasteiger partial charge is 0.336 e. The third-order valence-electron chi connectivity index (χ3n) is 3.26. The Hall–Kier alpha value is -2.22. The van der Waals surface area contributed by atoms with E-state index in [0.29, 0.717) is 5.56 Å². The molecule has 6 nitrogen and oxygen atoms in total. The first-order valence-corrected chi connectivity index (χ1v) is 7.97. The Kier molecular flexibility index (Phi) is 4.06. The van der Waals surface area contributed by atoms with Gasteiger partial charge in [-0.15, -0.1) is 0 Å². The van der Waals surface area contributed by atoms with Crippen LogP contribution in [-0.2, 0) is 10.0 Å². The highest BCUT2D eigenvalue weighted by atomic mass is 32.2. The van der Waals surface area contributed by atoms with Crippen molar-refractivity contribution in [3.05, 3.63) is 41.5 Å². The molecule has 2 aromatic rings.